The molecule has 1 aliphatic heterocycles. The molecule has 0 bridgehead atoms. The summed E-state index contributed by atoms with van der Waals surface area (Å²) < 4.78 is 6.47. The lowest BCUT2D eigenvalue weighted by atomic mass is 10.00. The van der Waals surface area contributed by atoms with Gasteiger partial charge in [-0.05, 0) is 69.9 Å². The van der Waals surface area contributed by atoms with Crippen LogP contribution in [0.25, 0.3) is 5.69 Å². The van der Waals surface area contributed by atoms with Gasteiger partial charge < -0.3 is 15.0 Å². The number of benzene rings is 1. The van der Waals surface area contributed by atoms with Crippen LogP contribution in [0, 0.1) is 13.8 Å². The van der Waals surface area contributed by atoms with Crippen LogP contribution in [-0.4, -0.2) is 52.2 Å². The number of carbonyl (C=O) groups excluding carboxylic acids is 3. The SMILES string of the molecule is COC(=O)CCCC(=O)N1CCCCC1C(=O)Nc1ccc(-n2nc(C)cc2C)cc1. The Morgan fingerprint density at radius 2 is 1.87 bits per heavy atom. The number of amides is 2. The Labute approximate surface area is 182 Å². The quantitative estimate of drug-likeness (QED) is 0.687. The predicted octanol–water partition coefficient (Wildman–Crippen LogP) is 3.15. The number of likely N-dealkylation sites (tertiary alicyclic amines) is 1. The van der Waals surface area contributed by atoms with Crippen molar-refractivity contribution in [3.8, 4) is 5.69 Å². The van der Waals surface area contributed by atoms with Gasteiger partial charge in [0, 0.05) is 30.8 Å². The van der Waals surface area contributed by atoms with Gasteiger partial charge in [-0.25, -0.2) is 4.68 Å². The van der Waals surface area contributed by atoms with Crippen molar-refractivity contribution >= 4 is 23.5 Å². The lowest BCUT2D eigenvalue weighted by molar-refractivity contribution is -0.142. The fourth-order valence-electron chi connectivity index (χ4n) is 3.93. The van der Waals surface area contributed by atoms with E-state index in [1.807, 2.05) is 48.9 Å². The van der Waals surface area contributed by atoms with Crippen LogP contribution in [0.4, 0.5) is 5.69 Å². The zero-order valence-corrected chi connectivity index (χ0v) is 18.4. The Bertz CT molecular complexity index is 936. The molecule has 2 amide bonds. The van der Waals surface area contributed by atoms with Crippen molar-refractivity contribution < 1.29 is 19.1 Å². The van der Waals surface area contributed by atoms with Crippen molar-refractivity contribution in [1.82, 2.24) is 14.7 Å². The number of rotatable bonds is 7. The second-order valence-electron chi connectivity index (χ2n) is 7.90. The highest BCUT2D eigenvalue weighted by Crippen LogP contribution is 2.21. The number of piperidine rings is 1. The number of anilines is 1. The van der Waals surface area contributed by atoms with Crippen molar-refractivity contribution in [2.45, 2.75) is 58.4 Å². The molecule has 0 radical (unpaired) electrons. The average Bonchev–Trinajstić information content (AvgIpc) is 3.11. The number of esters is 1. The molecule has 1 unspecified atom stereocenters. The largest absolute Gasteiger partial charge is 0.469 e. The molecule has 31 heavy (non-hydrogen) atoms. The van der Waals surface area contributed by atoms with Crippen molar-refractivity contribution in [3.05, 3.63) is 41.7 Å². The fourth-order valence-corrected chi connectivity index (χ4v) is 3.93. The molecule has 1 fully saturated rings. The van der Waals surface area contributed by atoms with Crippen LogP contribution in [0.3, 0.4) is 0 Å². The number of hydrogen-bond acceptors (Lipinski definition) is 5. The molecule has 0 aliphatic carbocycles. The van der Waals surface area contributed by atoms with E-state index in [0.29, 0.717) is 25.1 Å². The number of carbonyl (C=O) groups is 3. The number of aromatic nitrogens is 2. The molecule has 1 aromatic carbocycles. The zero-order valence-electron chi connectivity index (χ0n) is 18.4. The van der Waals surface area contributed by atoms with Crippen LogP contribution in [-0.2, 0) is 19.1 Å². The second-order valence-corrected chi connectivity index (χ2v) is 7.90. The van der Waals surface area contributed by atoms with Crippen molar-refractivity contribution in [3.63, 3.8) is 0 Å². The summed E-state index contributed by atoms with van der Waals surface area (Å²) in [7, 11) is 1.33. The van der Waals surface area contributed by atoms with Gasteiger partial charge in [0.1, 0.15) is 6.04 Å². The first-order valence-corrected chi connectivity index (χ1v) is 10.7. The Morgan fingerprint density at radius 3 is 2.52 bits per heavy atom. The first-order valence-electron chi connectivity index (χ1n) is 10.7. The topological polar surface area (TPSA) is 93.5 Å². The van der Waals surface area contributed by atoms with Crippen molar-refractivity contribution in [2.24, 2.45) is 0 Å². The highest BCUT2D eigenvalue weighted by Gasteiger charge is 2.31. The molecule has 3 rings (SSSR count). The summed E-state index contributed by atoms with van der Waals surface area (Å²) in [5.74, 6) is -0.604. The van der Waals surface area contributed by atoms with E-state index in [0.717, 1.165) is 29.9 Å². The molecule has 2 heterocycles. The van der Waals surface area contributed by atoms with Gasteiger partial charge in [-0.1, -0.05) is 0 Å². The fraction of sp³-hybridized carbons (Fsp3) is 0.478. The highest BCUT2D eigenvalue weighted by atomic mass is 16.5. The summed E-state index contributed by atoms with van der Waals surface area (Å²) >= 11 is 0. The molecule has 0 spiro atoms. The molecule has 8 heteroatoms. The summed E-state index contributed by atoms with van der Waals surface area (Å²) in [5, 5.41) is 7.41. The first-order chi connectivity index (χ1) is 14.9. The number of nitrogens with one attached hydrogen (secondary N) is 1. The highest BCUT2D eigenvalue weighted by molar-refractivity contribution is 5.97. The van der Waals surface area contributed by atoms with Gasteiger partial charge >= 0.3 is 5.97 Å². The van der Waals surface area contributed by atoms with Crippen LogP contribution >= 0.6 is 0 Å². The van der Waals surface area contributed by atoms with Gasteiger partial charge in [0.15, 0.2) is 0 Å². The van der Waals surface area contributed by atoms with Crippen LogP contribution < -0.4 is 5.32 Å². The van der Waals surface area contributed by atoms with E-state index >= 15 is 0 Å². The Morgan fingerprint density at radius 1 is 1.13 bits per heavy atom. The molecule has 166 valence electrons. The van der Waals surface area contributed by atoms with E-state index in [4.69, 9.17) is 0 Å². The second kappa shape index (κ2) is 10.2. The summed E-state index contributed by atoms with van der Waals surface area (Å²) in [6, 6.07) is 9.02. The Kier molecular flexibility index (Phi) is 7.44. The molecule has 2 aromatic rings. The third-order valence-corrected chi connectivity index (χ3v) is 5.51. The van der Waals surface area contributed by atoms with E-state index in [1.54, 1.807) is 4.90 Å². The van der Waals surface area contributed by atoms with Crippen LogP contribution in [0.2, 0.25) is 0 Å². The lowest BCUT2D eigenvalue weighted by Crippen LogP contribution is -2.50. The maximum absolute atomic E-state index is 12.9. The first kappa shape index (κ1) is 22.5. The molecule has 1 saturated heterocycles. The molecule has 1 atom stereocenters. The lowest BCUT2D eigenvalue weighted by Gasteiger charge is -2.34. The van der Waals surface area contributed by atoms with Gasteiger partial charge in [0.05, 0.1) is 18.5 Å². The van der Waals surface area contributed by atoms with Gasteiger partial charge in [-0.3, -0.25) is 14.4 Å². The maximum atomic E-state index is 12.9. The average molecular weight is 427 g/mol. The number of hydrogen-bond donors (Lipinski definition) is 1. The minimum absolute atomic E-state index is 0.0939. The molecular formula is C23H30N4O4. The summed E-state index contributed by atoms with van der Waals surface area (Å²) in [5.41, 5.74) is 3.59. The summed E-state index contributed by atoms with van der Waals surface area (Å²) in [6.45, 7) is 4.51. The third kappa shape index (κ3) is 5.71. The van der Waals surface area contributed by atoms with Crippen LogP contribution in [0.5, 0.6) is 0 Å². The van der Waals surface area contributed by atoms with E-state index in [9.17, 15) is 14.4 Å². The van der Waals surface area contributed by atoms with Gasteiger partial charge in [0.2, 0.25) is 11.8 Å². The molecule has 0 saturated carbocycles. The predicted molar refractivity (Wildman–Crippen MR) is 117 cm³/mol. The standard InChI is InChI=1S/C23H30N4O4/c1-16-15-17(2)27(25-16)19-12-10-18(11-13-19)24-23(30)20-7-4-5-14-26(20)21(28)8-6-9-22(29)31-3/h10-13,15,20H,4-9,14H2,1-3H3,(H,24,30). The van der Waals surface area contributed by atoms with Gasteiger partial charge in [-0.2, -0.15) is 5.10 Å². The summed E-state index contributed by atoms with van der Waals surface area (Å²) in [6.07, 6.45) is 3.28. The van der Waals surface area contributed by atoms with E-state index in [1.165, 1.54) is 7.11 Å². The summed E-state index contributed by atoms with van der Waals surface area (Å²) in [4.78, 5) is 38.5. The van der Waals surface area contributed by atoms with E-state index < -0.39 is 6.04 Å². The smallest absolute Gasteiger partial charge is 0.305 e. The number of methoxy groups -OCH3 is 1. The Hall–Kier alpha value is -3.16. The number of aryl methyl sites for hydroxylation is 2. The number of nitrogens with zero attached hydrogens (tertiary/aromatic N) is 3. The minimum atomic E-state index is -0.491. The zero-order chi connectivity index (χ0) is 22.4. The number of ether oxygens (including phenoxy) is 1. The monoisotopic (exact) mass is 426 g/mol. The molecule has 8 nitrogen and oxygen atoms in total. The van der Waals surface area contributed by atoms with Gasteiger partial charge in [0.25, 0.3) is 0 Å². The van der Waals surface area contributed by atoms with Gasteiger partial charge in [-0.15, -0.1) is 0 Å². The maximum Gasteiger partial charge on any atom is 0.305 e. The Balaban J connectivity index is 1.61. The molecule has 1 aliphatic rings. The van der Waals surface area contributed by atoms with Crippen molar-refractivity contribution in [2.75, 3.05) is 19.0 Å². The third-order valence-electron chi connectivity index (χ3n) is 5.51. The minimum Gasteiger partial charge on any atom is -0.469 e. The molecule has 1 aromatic heterocycles. The normalized spacial score (nSPS) is 16.1. The van der Waals surface area contributed by atoms with Crippen LogP contribution in [0.15, 0.2) is 30.3 Å². The molecular weight excluding hydrogens is 396 g/mol. The van der Waals surface area contributed by atoms with Crippen LogP contribution in [0.1, 0.15) is 49.9 Å². The van der Waals surface area contributed by atoms with E-state index in [2.05, 4.69) is 15.2 Å². The molecule has 1 N–H and O–H groups in total. The van der Waals surface area contributed by atoms with Crippen molar-refractivity contribution in [1.29, 1.82) is 0 Å². The van der Waals surface area contributed by atoms with E-state index in [-0.39, 0.29) is 30.6 Å².